The highest BCUT2D eigenvalue weighted by Gasteiger charge is 2.14. The maximum Gasteiger partial charge on any atom is 0.282 e. The summed E-state index contributed by atoms with van der Waals surface area (Å²) in [5, 5.41) is 16.2. The third-order valence-corrected chi connectivity index (χ3v) is 6.99. The second-order valence-corrected chi connectivity index (χ2v) is 10.5. The molecule has 4 rings (SSSR count). The summed E-state index contributed by atoms with van der Waals surface area (Å²) in [5.41, 5.74) is 1.40. The maximum atomic E-state index is 13.3. The Labute approximate surface area is 231 Å². The van der Waals surface area contributed by atoms with Gasteiger partial charge in [-0.25, -0.2) is 4.98 Å². The van der Waals surface area contributed by atoms with Crippen molar-refractivity contribution in [3.63, 3.8) is 0 Å². The number of nitro groups is 1. The van der Waals surface area contributed by atoms with Gasteiger partial charge in [0.05, 0.1) is 22.0 Å². The first kappa shape index (κ1) is 26.2. The second kappa shape index (κ2) is 11.4. The number of rotatable bonds is 8. The zero-order chi connectivity index (χ0) is 25.8. The zero-order valence-electron chi connectivity index (χ0n) is 19.0. The number of aromatic nitrogens is 2. The standard InChI is InChI=1S/C25H19Br3N4O4/c1-2-3-24-30-22-8-6-17(26)11-20(22)25(33)31(24)29-13-16-10-19(32(34)35)7-9-23(16)36-14-15-4-5-18(27)12-21(15)28/h4-13H,2-3,14H2,1H3. The van der Waals surface area contributed by atoms with Crippen LogP contribution in [0.25, 0.3) is 10.9 Å². The van der Waals surface area contributed by atoms with E-state index < -0.39 is 4.92 Å². The summed E-state index contributed by atoms with van der Waals surface area (Å²) in [4.78, 5) is 28.8. The van der Waals surface area contributed by atoms with E-state index in [0.717, 1.165) is 25.4 Å². The number of ether oxygens (including phenoxy) is 1. The third-order valence-electron chi connectivity index (χ3n) is 5.26. The molecule has 0 saturated heterocycles. The van der Waals surface area contributed by atoms with Crippen LogP contribution in [0.5, 0.6) is 5.75 Å². The molecule has 0 spiro atoms. The van der Waals surface area contributed by atoms with Crippen molar-refractivity contribution in [3.8, 4) is 5.75 Å². The fraction of sp³-hybridized carbons (Fsp3) is 0.160. The Morgan fingerprint density at radius 3 is 2.56 bits per heavy atom. The lowest BCUT2D eigenvalue weighted by Gasteiger charge is -2.11. The molecule has 11 heteroatoms. The summed E-state index contributed by atoms with van der Waals surface area (Å²) in [6.07, 6.45) is 2.69. The summed E-state index contributed by atoms with van der Waals surface area (Å²) in [5.74, 6) is 0.890. The van der Waals surface area contributed by atoms with Crippen LogP contribution in [0.1, 0.15) is 30.3 Å². The van der Waals surface area contributed by atoms with Gasteiger partial charge < -0.3 is 4.74 Å². The van der Waals surface area contributed by atoms with Crippen molar-refractivity contribution < 1.29 is 9.66 Å². The molecule has 36 heavy (non-hydrogen) atoms. The van der Waals surface area contributed by atoms with E-state index in [9.17, 15) is 14.9 Å². The molecule has 0 fully saturated rings. The number of non-ortho nitro benzene ring substituents is 1. The first-order valence-electron chi connectivity index (χ1n) is 10.9. The fourth-order valence-corrected chi connectivity index (χ4v) is 5.02. The SMILES string of the molecule is CCCc1nc2ccc(Br)cc2c(=O)n1N=Cc1cc([N+](=O)[O-])ccc1OCc1ccc(Br)cc1Br. The lowest BCUT2D eigenvalue weighted by Crippen LogP contribution is -2.22. The summed E-state index contributed by atoms with van der Waals surface area (Å²) in [6.45, 7) is 2.21. The molecule has 3 aromatic carbocycles. The van der Waals surface area contributed by atoms with Crippen LogP contribution < -0.4 is 10.3 Å². The van der Waals surface area contributed by atoms with Gasteiger partial charge >= 0.3 is 0 Å². The van der Waals surface area contributed by atoms with Gasteiger partial charge in [-0.3, -0.25) is 14.9 Å². The molecule has 0 unspecified atom stereocenters. The third kappa shape index (κ3) is 5.91. The monoisotopic (exact) mass is 676 g/mol. The van der Waals surface area contributed by atoms with Crippen LogP contribution in [0.15, 0.2) is 77.9 Å². The van der Waals surface area contributed by atoms with E-state index >= 15 is 0 Å². The molecule has 4 aromatic rings. The molecule has 0 amide bonds. The van der Waals surface area contributed by atoms with Gasteiger partial charge in [0.2, 0.25) is 0 Å². The van der Waals surface area contributed by atoms with Crippen LogP contribution in [0.4, 0.5) is 5.69 Å². The van der Waals surface area contributed by atoms with Crippen molar-refractivity contribution in [3.05, 3.63) is 105 Å². The molecule has 0 radical (unpaired) electrons. The molecule has 0 bridgehead atoms. The molecule has 0 atom stereocenters. The normalized spacial score (nSPS) is 11.3. The van der Waals surface area contributed by atoms with Gasteiger partial charge in [-0.1, -0.05) is 60.8 Å². The molecular formula is C25H19Br3N4O4. The Hall–Kier alpha value is -2.89. The quantitative estimate of drug-likeness (QED) is 0.113. The van der Waals surface area contributed by atoms with Crippen molar-refractivity contribution in [1.82, 2.24) is 9.66 Å². The van der Waals surface area contributed by atoms with Crippen LogP contribution in [0.2, 0.25) is 0 Å². The molecule has 0 saturated carbocycles. The molecule has 0 aliphatic carbocycles. The fourth-order valence-electron chi connectivity index (χ4n) is 3.50. The Morgan fingerprint density at radius 1 is 1.08 bits per heavy atom. The highest BCUT2D eigenvalue weighted by molar-refractivity contribution is 9.11. The lowest BCUT2D eigenvalue weighted by atomic mass is 10.2. The minimum absolute atomic E-state index is 0.115. The summed E-state index contributed by atoms with van der Waals surface area (Å²) < 4.78 is 9.77. The number of nitrogens with zero attached hydrogens (tertiary/aromatic N) is 4. The second-order valence-electron chi connectivity index (χ2n) is 7.80. The van der Waals surface area contributed by atoms with Crippen molar-refractivity contribution in [2.75, 3.05) is 0 Å². The first-order chi connectivity index (χ1) is 17.3. The zero-order valence-corrected chi connectivity index (χ0v) is 23.7. The number of halogens is 3. The Bertz CT molecular complexity index is 1550. The Balaban J connectivity index is 1.76. The number of nitro benzene ring substituents is 1. The number of benzene rings is 3. The summed E-state index contributed by atoms with van der Waals surface area (Å²) >= 11 is 10.3. The Kier molecular flexibility index (Phi) is 8.32. The number of aryl methyl sites for hydroxylation is 1. The molecule has 1 heterocycles. The molecule has 184 valence electrons. The predicted molar refractivity (Wildman–Crippen MR) is 150 cm³/mol. The molecule has 0 N–H and O–H groups in total. The van der Waals surface area contributed by atoms with Gasteiger partial charge in [-0.05, 0) is 42.8 Å². The van der Waals surface area contributed by atoms with E-state index in [1.54, 1.807) is 12.1 Å². The minimum Gasteiger partial charge on any atom is -0.488 e. The highest BCUT2D eigenvalue weighted by Crippen LogP contribution is 2.27. The van der Waals surface area contributed by atoms with Crippen LogP contribution in [-0.4, -0.2) is 20.8 Å². The molecule has 0 aliphatic rings. The summed E-state index contributed by atoms with van der Waals surface area (Å²) in [7, 11) is 0. The highest BCUT2D eigenvalue weighted by atomic mass is 79.9. The molecule has 8 nitrogen and oxygen atoms in total. The van der Waals surface area contributed by atoms with Crippen molar-refractivity contribution >= 4 is 70.6 Å². The number of hydrogen-bond donors (Lipinski definition) is 0. The van der Waals surface area contributed by atoms with Gasteiger partial charge in [-0.15, -0.1) is 0 Å². The van der Waals surface area contributed by atoms with Gasteiger partial charge in [0.25, 0.3) is 11.2 Å². The smallest absolute Gasteiger partial charge is 0.282 e. The number of hydrogen-bond acceptors (Lipinski definition) is 6. The van der Waals surface area contributed by atoms with E-state index in [1.165, 1.54) is 29.1 Å². The van der Waals surface area contributed by atoms with E-state index in [0.29, 0.717) is 34.5 Å². The lowest BCUT2D eigenvalue weighted by molar-refractivity contribution is -0.384. The molecular weight excluding hydrogens is 660 g/mol. The summed E-state index contributed by atoms with van der Waals surface area (Å²) in [6, 6.07) is 15.3. The van der Waals surface area contributed by atoms with Crippen molar-refractivity contribution in [1.29, 1.82) is 0 Å². The first-order valence-corrected chi connectivity index (χ1v) is 13.3. The largest absolute Gasteiger partial charge is 0.488 e. The van der Waals surface area contributed by atoms with E-state index in [1.807, 2.05) is 31.2 Å². The average molecular weight is 679 g/mol. The molecule has 0 aliphatic heterocycles. The maximum absolute atomic E-state index is 13.3. The number of fused-ring (bicyclic) bond motifs is 1. The van der Waals surface area contributed by atoms with Crippen LogP contribution in [0, 0.1) is 10.1 Å². The van der Waals surface area contributed by atoms with E-state index in [4.69, 9.17) is 4.74 Å². The van der Waals surface area contributed by atoms with Gasteiger partial charge in [0, 0.05) is 43.1 Å². The van der Waals surface area contributed by atoms with Gasteiger partial charge in [-0.2, -0.15) is 9.78 Å². The average Bonchev–Trinajstić information content (AvgIpc) is 2.84. The van der Waals surface area contributed by atoms with Crippen LogP contribution in [-0.2, 0) is 13.0 Å². The predicted octanol–water partition coefficient (Wildman–Crippen LogP) is 7.01. The van der Waals surface area contributed by atoms with Crippen molar-refractivity contribution in [2.24, 2.45) is 5.10 Å². The van der Waals surface area contributed by atoms with Gasteiger partial charge in [0.15, 0.2) is 0 Å². The van der Waals surface area contributed by atoms with Crippen molar-refractivity contribution in [2.45, 2.75) is 26.4 Å². The Morgan fingerprint density at radius 2 is 1.83 bits per heavy atom. The van der Waals surface area contributed by atoms with E-state index in [2.05, 4.69) is 57.9 Å². The van der Waals surface area contributed by atoms with Crippen LogP contribution in [0.3, 0.4) is 0 Å². The van der Waals surface area contributed by atoms with Crippen LogP contribution >= 0.6 is 47.8 Å². The van der Waals surface area contributed by atoms with Gasteiger partial charge in [0.1, 0.15) is 18.2 Å². The minimum atomic E-state index is -0.490. The topological polar surface area (TPSA) is 99.6 Å². The molecule has 1 aromatic heterocycles. The van der Waals surface area contributed by atoms with E-state index in [-0.39, 0.29) is 17.9 Å².